The fourth-order valence-electron chi connectivity index (χ4n) is 7.72. The highest BCUT2D eigenvalue weighted by molar-refractivity contribution is 5.98. The number of aliphatic hydroxyl groups excluding tert-OH is 1. The Hall–Kier alpha value is -4.88. The Balaban J connectivity index is 1.28. The van der Waals surface area contributed by atoms with Crippen LogP contribution in [0.5, 0.6) is 0 Å². The maximum atomic E-state index is 14.6. The van der Waals surface area contributed by atoms with Gasteiger partial charge in [-0.05, 0) is 43.9 Å². The summed E-state index contributed by atoms with van der Waals surface area (Å²) in [6.45, 7) is 8.95. The first-order valence-electron chi connectivity index (χ1n) is 16.7. The average molecular weight is 671 g/mol. The molecule has 0 unspecified atom stereocenters. The smallest absolute Gasteiger partial charge is 0.313 e. The lowest BCUT2D eigenvalue weighted by Crippen LogP contribution is -2.56. The zero-order valence-electron chi connectivity index (χ0n) is 27.5. The Kier molecular flexibility index (Phi) is 9.93. The van der Waals surface area contributed by atoms with Crippen LogP contribution in [-0.2, 0) is 35.3 Å². The number of para-hydroxylation sites is 1. The van der Waals surface area contributed by atoms with Crippen molar-refractivity contribution < 1.29 is 33.8 Å². The van der Waals surface area contributed by atoms with Crippen molar-refractivity contribution in [1.29, 1.82) is 0 Å². The average Bonchev–Trinajstić information content (AvgIpc) is 3.86. The highest BCUT2D eigenvalue weighted by atomic mass is 16.6. The molecule has 0 radical (unpaired) electrons. The van der Waals surface area contributed by atoms with Crippen molar-refractivity contribution in [2.75, 3.05) is 19.7 Å². The van der Waals surface area contributed by atoms with Gasteiger partial charge in [-0.15, -0.1) is 18.3 Å². The maximum absolute atomic E-state index is 14.6. The van der Waals surface area contributed by atoms with Crippen LogP contribution in [0.3, 0.4) is 0 Å². The third-order valence-electron chi connectivity index (χ3n) is 9.82. The summed E-state index contributed by atoms with van der Waals surface area (Å²) in [6.07, 6.45) is 3.33. The first-order chi connectivity index (χ1) is 23.7. The van der Waals surface area contributed by atoms with E-state index in [4.69, 9.17) is 9.47 Å². The van der Waals surface area contributed by atoms with Crippen molar-refractivity contribution in [1.82, 2.24) is 30.1 Å². The number of hydrogen-bond donors (Lipinski definition) is 2. The molecule has 0 aliphatic carbocycles. The Morgan fingerprint density at radius 1 is 1.16 bits per heavy atom. The monoisotopic (exact) mass is 670 g/mol. The first kappa shape index (κ1) is 34.0. The van der Waals surface area contributed by atoms with E-state index in [9.17, 15) is 24.3 Å². The van der Waals surface area contributed by atoms with E-state index < -0.39 is 59.5 Å². The largest absolute Gasteiger partial charge is 0.455 e. The van der Waals surface area contributed by atoms with Gasteiger partial charge in [0.15, 0.2) is 0 Å². The van der Waals surface area contributed by atoms with Crippen LogP contribution in [0.1, 0.15) is 44.3 Å². The van der Waals surface area contributed by atoms with E-state index in [0.717, 1.165) is 5.52 Å². The topological polar surface area (TPSA) is 156 Å². The molecule has 2 N–H and O–H groups in total. The Morgan fingerprint density at radius 2 is 1.92 bits per heavy atom. The predicted molar refractivity (Wildman–Crippen MR) is 178 cm³/mol. The van der Waals surface area contributed by atoms with Crippen LogP contribution in [0.15, 0.2) is 79.9 Å². The number of nitrogens with one attached hydrogen (secondary N) is 1. The van der Waals surface area contributed by atoms with Gasteiger partial charge in [0, 0.05) is 19.5 Å². The molecular weight excluding hydrogens is 628 g/mol. The molecule has 49 heavy (non-hydrogen) atoms. The van der Waals surface area contributed by atoms with Crippen LogP contribution in [-0.4, -0.2) is 97.1 Å². The number of likely N-dealkylation sites (tertiary alicyclic amines) is 1. The molecular formula is C36H42N6O7. The lowest BCUT2D eigenvalue weighted by Gasteiger charge is -2.36. The van der Waals surface area contributed by atoms with E-state index in [2.05, 4.69) is 28.8 Å². The number of esters is 1. The quantitative estimate of drug-likeness (QED) is 0.183. The van der Waals surface area contributed by atoms with Crippen LogP contribution < -0.4 is 5.32 Å². The molecule has 258 valence electrons. The Bertz CT molecular complexity index is 1730. The molecule has 3 amide bonds. The molecule has 3 aliphatic rings. The number of amides is 3. The SMILES string of the molecule is C=CCCC(=O)N[C@H](C)[C@@H](OC(=O)[C@@H]1[C@@H]2CC[C@]3(O2)[C@H](C(=O)N(CC=C)Cn2nnc4ccccc42)N(CCO)C(=O)[C@@H]13)c1ccccc1. The molecule has 0 saturated carbocycles. The van der Waals surface area contributed by atoms with Gasteiger partial charge in [-0.2, -0.15) is 0 Å². The molecule has 3 aliphatic heterocycles. The number of nitrogens with zero attached hydrogens (tertiary/aromatic N) is 5. The number of β-amino-alcohol motifs (C(OH)–C–C–N with tert-alkyl or cyclic N) is 1. The van der Waals surface area contributed by atoms with Crippen molar-refractivity contribution in [3.05, 3.63) is 85.5 Å². The summed E-state index contributed by atoms with van der Waals surface area (Å²) in [5, 5.41) is 21.4. The number of fused-ring (bicyclic) bond motifs is 2. The summed E-state index contributed by atoms with van der Waals surface area (Å²) in [5.41, 5.74) is 0.784. The standard InChI is InChI=1S/C36H42N6O7/c1-4-6-16-28(44)37-23(3)31(24-12-8-7-9-13-24)48-35(47)29-27-17-18-36(49-27)30(29)33(45)41(20-21-43)32(36)34(46)40(19-5-2)22-42-26-15-11-10-14-25(26)38-39-42/h4-5,7-15,23,27,29-32,43H,1-2,6,16-22H2,3H3,(H,37,44)/t23-,27+,29-,30-,31-,32+,36-/m1/s1. The summed E-state index contributed by atoms with van der Waals surface area (Å²) in [4.78, 5) is 58.5. The van der Waals surface area contributed by atoms with E-state index in [0.29, 0.717) is 30.3 Å². The number of allylic oxidation sites excluding steroid dienone is 1. The minimum atomic E-state index is -1.30. The van der Waals surface area contributed by atoms with E-state index in [1.807, 2.05) is 54.6 Å². The first-order valence-corrected chi connectivity index (χ1v) is 16.7. The molecule has 3 saturated heterocycles. The van der Waals surface area contributed by atoms with E-state index >= 15 is 0 Å². The lowest BCUT2D eigenvalue weighted by molar-refractivity contribution is -0.162. The molecule has 4 heterocycles. The van der Waals surface area contributed by atoms with Gasteiger partial charge in [0.25, 0.3) is 0 Å². The molecule has 2 aromatic carbocycles. The second kappa shape index (κ2) is 14.3. The zero-order chi connectivity index (χ0) is 34.7. The molecule has 6 rings (SSSR count). The van der Waals surface area contributed by atoms with Gasteiger partial charge in [0.05, 0.1) is 36.1 Å². The van der Waals surface area contributed by atoms with E-state index in [1.165, 1.54) is 9.80 Å². The zero-order valence-corrected chi connectivity index (χ0v) is 27.5. The van der Waals surface area contributed by atoms with Gasteiger partial charge in [-0.25, -0.2) is 4.68 Å². The van der Waals surface area contributed by atoms with Crippen LogP contribution in [0, 0.1) is 11.8 Å². The van der Waals surface area contributed by atoms with Crippen LogP contribution >= 0.6 is 0 Å². The Morgan fingerprint density at radius 3 is 2.65 bits per heavy atom. The minimum Gasteiger partial charge on any atom is -0.455 e. The van der Waals surface area contributed by atoms with Crippen LogP contribution in [0.2, 0.25) is 0 Å². The predicted octanol–water partition coefficient (Wildman–Crippen LogP) is 2.53. The molecule has 13 heteroatoms. The molecule has 7 atom stereocenters. The number of aromatic nitrogens is 3. The van der Waals surface area contributed by atoms with Gasteiger partial charge >= 0.3 is 5.97 Å². The summed E-state index contributed by atoms with van der Waals surface area (Å²) < 4.78 is 14.3. The Labute approximate surface area is 284 Å². The van der Waals surface area contributed by atoms with E-state index in [-0.39, 0.29) is 38.7 Å². The third-order valence-corrected chi connectivity index (χ3v) is 9.82. The minimum absolute atomic E-state index is 0.0355. The third kappa shape index (κ3) is 6.24. The van der Waals surface area contributed by atoms with Gasteiger partial charge in [-0.3, -0.25) is 19.2 Å². The van der Waals surface area contributed by atoms with Crippen molar-refractivity contribution in [2.24, 2.45) is 11.8 Å². The molecule has 2 bridgehead atoms. The van der Waals surface area contributed by atoms with Gasteiger partial charge in [0.2, 0.25) is 17.7 Å². The van der Waals surface area contributed by atoms with Crippen molar-refractivity contribution in [2.45, 2.75) is 69.2 Å². The normalized spacial score (nSPS) is 25.1. The number of ether oxygens (including phenoxy) is 2. The van der Waals surface area contributed by atoms with Crippen LogP contribution in [0.25, 0.3) is 11.0 Å². The fraction of sp³-hybridized carbons (Fsp3) is 0.444. The van der Waals surface area contributed by atoms with Crippen molar-refractivity contribution >= 4 is 34.7 Å². The number of aliphatic hydroxyl groups is 1. The van der Waals surface area contributed by atoms with E-state index in [1.54, 1.807) is 23.8 Å². The maximum Gasteiger partial charge on any atom is 0.313 e. The molecule has 13 nitrogen and oxygen atoms in total. The summed E-state index contributed by atoms with van der Waals surface area (Å²) in [7, 11) is 0. The highest BCUT2D eigenvalue weighted by Gasteiger charge is 2.75. The number of benzene rings is 2. The van der Waals surface area contributed by atoms with Crippen LogP contribution in [0.4, 0.5) is 0 Å². The van der Waals surface area contributed by atoms with Gasteiger partial charge in [0.1, 0.15) is 29.9 Å². The highest BCUT2D eigenvalue weighted by Crippen LogP contribution is 2.59. The molecule has 1 aromatic heterocycles. The molecule has 1 spiro atoms. The van der Waals surface area contributed by atoms with Gasteiger partial charge in [-0.1, -0.05) is 59.8 Å². The fourth-order valence-corrected chi connectivity index (χ4v) is 7.72. The number of carbonyl (C=O) groups excluding carboxylic acids is 4. The van der Waals surface area contributed by atoms with Gasteiger partial charge < -0.3 is 29.7 Å². The lowest BCUT2D eigenvalue weighted by atomic mass is 9.70. The van der Waals surface area contributed by atoms with Crippen molar-refractivity contribution in [3.63, 3.8) is 0 Å². The molecule has 3 fully saturated rings. The second-order valence-electron chi connectivity index (χ2n) is 12.8. The summed E-state index contributed by atoms with van der Waals surface area (Å²) in [5.74, 6) is -3.67. The summed E-state index contributed by atoms with van der Waals surface area (Å²) in [6, 6.07) is 14.8. The number of carbonyl (C=O) groups is 4. The van der Waals surface area contributed by atoms with Crippen molar-refractivity contribution in [3.8, 4) is 0 Å². The number of rotatable bonds is 15. The number of hydrogen-bond acceptors (Lipinski definition) is 9. The molecule has 3 aromatic rings. The summed E-state index contributed by atoms with van der Waals surface area (Å²) >= 11 is 0. The second-order valence-corrected chi connectivity index (χ2v) is 12.8.